The highest BCUT2D eigenvalue weighted by molar-refractivity contribution is 5.36. The zero-order valence-corrected chi connectivity index (χ0v) is 11.4. The third-order valence-corrected chi connectivity index (χ3v) is 3.35. The molecule has 1 aliphatic rings. The Kier molecular flexibility index (Phi) is 3.71. The summed E-state index contributed by atoms with van der Waals surface area (Å²) < 4.78 is 5.77. The second-order valence-corrected chi connectivity index (χ2v) is 4.85. The molecule has 0 saturated carbocycles. The van der Waals surface area contributed by atoms with E-state index in [4.69, 9.17) is 4.74 Å². The average molecular weight is 271 g/mol. The zero-order valence-electron chi connectivity index (χ0n) is 11.4. The van der Waals surface area contributed by atoms with Crippen LogP contribution in [0.5, 0.6) is 6.01 Å². The van der Waals surface area contributed by atoms with Gasteiger partial charge in [0.25, 0.3) is 0 Å². The lowest BCUT2D eigenvalue weighted by molar-refractivity contribution is 0.156. The maximum atomic E-state index is 5.77. The van der Waals surface area contributed by atoms with Crippen LogP contribution in [-0.2, 0) is 0 Å². The van der Waals surface area contributed by atoms with E-state index in [1.54, 1.807) is 24.7 Å². The molecule has 0 aromatic carbocycles. The van der Waals surface area contributed by atoms with Crippen LogP contribution in [0.3, 0.4) is 0 Å². The normalized spacial score (nSPS) is 16.1. The Labute approximate surface area is 117 Å². The Balaban J connectivity index is 1.55. The summed E-state index contributed by atoms with van der Waals surface area (Å²) in [6.45, 7) is 3.77. The van der Waals surface area contributed by atoms with Crippen LogP contribution in [0.25, 0.3) is 0 Å². The van der Waals surface area contributed by atoms with Gasteiger partial charge < -0.3 is 9.64 Å². The van der Waals surface area contributed by atoms with Gasteiger partial charge in [-0.05, 0) is 13.0 Å². The molecule has 1 aliphatic heterocycles. The number of hydrogen-bond donors (Lipinski definition) is 0. The highest BCUT2D eigenvalue weighted by Gasteiger charge is 2.22. The number of rotatable bonds is 3. The van der Waals surface area contributed by atoms with Gasteiger partial charge in [0.15, 0.2) is 0 Å². The minimum atomic E-state index is 0.173. The number of nitrogens with zero attached hydrogens (tertiary/aromatic N) is 5. The molecule has 0 radical (unpaired) electrons. The molecule has 1 saturated heterocycles. The van der Waals surface area contributed by atoms with Gasteiger partial charge in [-0.15, -0.1) is 0 Å². The van der Waals surface area contributed by atoms with Crippen LogP contribution in [0, 0.1) is 6.92 Å². The van der Waals surface area contributed by atoms with Crippen molar-refractivity contribution in [3.05, 3.63) is 36.5 Å². The summed E-state index contributed by atoms with van der Waals surface area (Å²) in [6, 6.07) is 2.24. The molecule has 0 spiro atoms. The highest BCUT2D eigenvalue weighted by atomic mass is 16.5. The van der Waals surface area contributed by atoms with Crippen molar-refractivity contribution in [1.29, 1.82) is 0 Å². The van der Waals surface area contributed by atoms with Gasteiger partial charge in [0.1, 0.15) is 11.9 Å². The topological polar surface area (TPSA) is 64.0 Å². The maximum Gasteiger partial charge on any atom is 0.316 e. The summed E-state index contributed by atoms with van der Waals surface area (Å²) in [5.41, 5.74) is 0.938. The van der Waals surface area contributed by atoms with Crippen LogP contribution in [0.1, 0.15) is 18.5 Å². The second-order valence-electron chi connectivity index (χ2n) is 4.85. The van der Waals surface area contributed by atoms with Gasteiger partial charge in [0.05, 0.1) is 18.1 Å². The van der Waals surface area contributed by atoms with Crippen molar-refractivity contribution in [2.24, 2.45) is 0 Å². The van der Waals surface area contributed by atoms with E-state index >= 15 is 0 Å². The largest absolute Gasteiger partial charge is 0.460 e. The smallest absolute Gasteiger partial charge is 0.316 e. The first-order valence-corrected chi connectivity index (χ1v) is 6.78. The summed E-state index contributed by atoms with van der Waals surface area (Å²) in [4.78, 5) is 19.1. The first-order chi connectivity index (χ1) is 9.81. The fourth-order valence-corrected chi connectivity index (χ4v) is 2.25. The summed E-state index contributed by atoms with van der Waals surface area (Å²) in [6.07, 6.45) is 9.07. The van der Waals surface area contributed by atoms with Crippen molar-refractivity contribution in [2.75, 3.05) is 18.0 Å². The predicted octanol–water partition coefficient (Wildman–Crippen LogP) is 1.62. The monoisotopic (exact) mass is 271 g/mol. The van der Waals surface area contributed by atoms with Crippen molar-refractivity contribution in [3.8, 4) is 6.01 Å². The van der Waals surface area contributed by atoms with E-state index in [9.17, 15) is 0 Å². The number of piperidine rings is 1. The Morgan fingerprint density at radius 3 is 2.45 bits per heavy atom. The van der Waals surface area contributed by atoms with E-state index in [2.05, 4.69) is 24.8 Å². The average Bonchev–Trinajstić information content (AvgIpc) is 2.50. The SMILES string of the molecule is Cc1cnc(N2CCC(Oc3ncccn3)CC2)cn1. The minimum Gasteiger partial charge on any atom is -0.460 e. The molecule has 2 aromatic heterocycles. The number of hydrogen-bond acceptors (Lipinski definition) is 6. The molecular weight excluding hydrogens is 254 g/mol. The van der Waals surface area contributed by atoms with Crippen LogP contribution in [0.2, 0.25) is 0 Å². The van der Waals surface area contributed by atoms with Crippen molar-refractivity contribution in [2.45, 2.75) is 25.9 Å². The van der Waals surface area contributed by atoms with Gasteiger partial charge in [-0.2, -0.15) is 0 Å². The second kappa shape index (κ2) is 5.81. The van der Waals surface area contributed by atoms with Gasteiger partial charge in [-0.1, -0.05) is 0 Å². The van der Waals surface area contributed by atoms with Gasteiger partial charge >= 0.3 is 6.01 Å². The lowest BCUT2D eigenvalue weighted by Gasteiger charge is -2.32. The molecule has 1 fully saturated rings. The standard InChI is InChI=1S/C14H17N5O/c1-11-9-18-13(10-17-11)19-7-3-12(4-8-19)20-14-15-5-2-6-16-14/h2,5-6,9-10,12H,3-4,7-8H2,1H3. The zero-order chi connectivity index (χ0) is 13.8. The molecule has 6 nitrogen and oxygen atoms in total. The molecule has 3 rings (SSSR count). The van der Waals surface area contributed by atoms with Crippen molar-refractivity contribution in [1.82, 2.24) is 19.9 Å². The summed E-state index contributed by atoms with van der Waals surface area (Å²) >= 11 is 0. The highest BCUT2D eigenvalue weighted by Crippen LogP contribution is 2.19. The van der Waals surface area contributed by atoms with Gasteiger partial charge in [0.2, 0.25) is 0 Å². The van der Waals surface area contributed by atoms with E-state index in [0.717, 1.165) is 37.4 Å². The fourth-order valence-electron chi connectivity index (χ4n) is 2.25. The summed E-state index contributed by atoms with van der Waals surface area (Å²) in [7, 11) is 0. The molecule has 0 aliphatic carbocycles. The van der Waals surface area contributed by atoms with E-state index in [0.29, 0.717) is 6.01 Å². The quantitative estimate of drug-likeness (QED) is 0.845. The molecule has 0 amide bonds. The Bertz CT molecular complexity index is 537. The maximum absolute atomic E-state index is 5.77. The molecule has 0 unspecified atom stereocenters. The number of ether oxygens (including phenoxy) is 1. The molecular formula is C14H17N5O. The first kappa shape index (κ1) is 12.8. The molecule has 0 atom stereocenters. The number of anilines is 1. The van der Waals surface area contributed by atoms with E-state index < -0.39 is 0 Å². The van der Waals surface area contributed by atoms with E-state index in [1.807, 2.05) is 13.1 Å². The van der Waals surface area contributed by atoms with Crippen molar-refractivity contribution < 1.29 is 4.74 Å². The van der Waals surface area contributed by atoms with Gasteiger partial charge in [-0.25, -0.2) is 15.0 Å². The predicted molar refractivity (Wildman–Crippen MR) is 74.7 cm³/mol. The molecule has 0 N–H and O–H groups in total. The molecule has 20 heavy (non-hydrogen) atoms. The van der Waals surface area contributed by atoms with E-state index in [-0.39, 0.29) is 6.10 Å². The van der Waals surface area contributed by atoms with Gasteiger partial charge in [0, 0.05) is 38.3 Å². The van der Waals surface area contributed by atoms with Crippen LogP contribution >= 0.6 is 0 Å². The molecule has 0 bridgehead atoms. The fraction of sp³-hybridized carbons (Fsp3) is 0.429. The number of aryl methyl sites for hydroxylation is 1. The minimum absolute atomic E-state index is 0.173. The Morgan fingerprint density at radius 2 is 1.80 bits per heavy atom. The first-order valence-electron chi connectivity index (χ1n) is 6.78. The molecule has 104 valence electrons. The third kappa shape index (κ3) is 3.01. The molecule has 2 aromatic rings. The Morgan fingerprint density at radius 1 is 1.05 bits per heavy atom. The summed E-state index contributed by atoms with van der Waals surface area (Å²) in [5, 5.41) is 0. The van der Waals surface area contributed by atoms with Crippen LogP contribution in [0.4, 0.5) is 5.82 Å². The third-order valence-electron chi connectivity index (χ3n) is 3.35. The van der Waals surface area contributed by atoms with Crippen molar-refractivity contribution in [3.63, 3.8) is 0 Å². The lowest BCUT2D eigenvalue weighted by Crippen LogP contribution is -2.39. The number of aromatic nitrogens is 4. The van der Waals surface area contributed by atoms with Crippen LogP contribution in [0.15, 0.2) is 30.9 Å². The van der Waals surface area contributed by atoms with Gasteiger partial charge in [-0.3, -0.25) is 4.98 Å². The molecule has 3 heterocycles. The molecule has 6 heteroatoms. The van der Waals surface area contributed by atoms with Crippen molar-refractivity contribution >= 4 is 5.82 Å². The lowest BCUT2D eigenvalue weighted by atomic mass is 10.1. The van der Waals surface area contributed by atoms with E-state index in [1.165, 1.54) is 0 Å². The summed E-state index contributed by atoms with van der Waals surface area (Å²) in [5.74, 6) is 0.935. The van der Waals surface area contributed by atoms with Crippen LogP contribution in [-0.4, -0.2) is 39.1 Å². The van der Waals surface area contributed by atoms with Crippen LogP contribution < -0.4 is 9.64 Å². The Hall–Kier alpha value is -2.24.